The van der Waals surface area contributed by atoms with Crippen molar-refractivity contribution in [3.63, 3.8) is 0 Å². The minimum atomic E-state index is -0.140. The Labute approximate surface area is 171 Å². The summed E-state index contributed by atoms with van der Waals surface area (Å²) in [6, 6.07) is 5.65. The zero-order valence-corrected chi connectivity index (χ0v) is 17.3. The molecule has 0 radical (unpaired) electrons. The van der Waals surface area contributed by atoms with Crippen molar-refractivity contribution in [2.45, 2.75) is 37.8 Å². The third-order valence-corrected chi connectivity index (χ3v) is 5.87. The minimum absolute atomic E-state index is 0.0559. The second-order valence-corrected chi connectivity index (χ2v) is 7.72. The van der Waals surface area contributed by atoms with Gasteiger partial charge in [0.2, 0.25) is 11.8 Å². The average molecular weight is 402 g/mol. The van der Waals surface area contributed by atoms with Crippen LogP contribution in [0, 0.1) is 11.8 Å². The molecule has 2 N–H and O–H groups in total. The molecule has 1 aliphatic heterocycles. The van der Waals surface area contributed by atoms with Gasteiger partial charge in [0.15, 0.2) is 11.5 Å². The fourth-order valence-electron chi connectivity index (χ4n) is 4.48. The zero-order chi connectivity index (χ0) is 20.8. The van der Waals surface area contributed by atoms with E-state index in [1.807, 2.05) is 12.1 Å². The Morgan fingerprint density at radius 3 is 2.72 bits per heavy atom. The van der Waals surface area contributed by atoms with Gasteiger partial charge in [0.1, 0.15) is 0 Å². The lowest BCUT2D eigenvalue weighted by atomic mass is 9.71. The van der Waals surface area contributed by atoms with Gasteiger partial charge in [-0.15, -0.1) is 0 Å². The summed E-state index contributed by atoms with van der Waals surface area (Å²) in [5, 5.41) is 6.17. The molecule has 1 saturated heterocycles. The molecule has 2 amide bonds. The molecule has 0 spiro atoms. The van der Waals surface area contributed by atoms with Crippen LogP contribution in [0.3, 0.4) is 0 Å². The Morgan fingerprint density at radius 1 is 1.21 bits per heavy atom. The summed E-state index contributed by atoms with van der Waals surface area (Å²) >= 11 is 0. The lowest BCUT2D eigenvalue weighted by Crippen LogP contribution is -2.56. The first-order valence-corrected chi connectivity index (χ1v) is 10.0. The number of hydrogen-bond acceptors (Lipinski definition) is 5. The van der Waals surface area contributed by atoms with Crippen molar-refractivity contribution in [2.24, 2.45) is 11.8 Å². The van der Waals surface area contributed by atoms with Crippen LogP contribution < -0.4 is 20.1 Å². The molecule has 2 fully saturated rings. The molecule has 0 bridgehead atoms. The predicted molar refractivity (Wildman–Crippen MR) is 110 cm³/mol. The summed E-state index contributed by atoms with van der Waals surface area (Å²) in [4.78, 5) is 24.4. The van der Waals surface area contributed by atoms with Gasteiger partial charge in [0.25, 0.3) is 0 Å². The Morgan fingerprint density at radius 2 is 2.00 bits per heavy atom. The van der Waals surface area contributed by atoms with E-state index in [0.717, 1.165) is 24.8 Å². The summed E-state index contributed by atoms with van der Waals surface area (Å²) in [7, 11) is 4.84. The van der Waals surface area contributed by atoms with E-state index < -0.39 is 0 Å². The highest BCUT2D eigenvalue weighted by Gasteiger charge is 2.40. The van der Waals surface area contributed by atoms with Crippen molar-refractivity contribution >= 4 is 17.9 Å². The van der Waals surface area contributed by atoms with E-state index in [1.165, 1.54) is 6.08 Å². The van der Waals surface area contributed by atoms with Crippen LogP contribution in [0.15, 0.2) is 24.3 Å². The molecule has 7 heteroatoms. The molecule has 4 unspecified atom stereocenters. The number of fused-ring (bicyclic) bond motifs is 1. The Hall–Kier alpha value is -2.54. The summed E-state index contributed by atoms with van der Waals surface area (Å²) in [5.41, 5.74) is 0.850. The largest absolute Gasteiger partial charge is 0.493 e. The van der Waals surface area contributed by atoms with Gasteiger partial charge in [0.05, 0.1) is 14.2 Å². The third-order valence-electron chi connectivity index (χ3n) is 5.87. The number of nitrogens with one attached hydrogen (secondary N) is 2. The number of methoxy groups -OCH3 is 3. The predicted octanol–water partition coefficient (Wildman–Crippen LogP) is 2.15. The number of ether oxygens (including phenoxy) is 3. The van der Waals surface area contributed by atoms with E-state index in [9.17, 15) is 9.59 Å². The van der Waals surface area contributed by atoms with Gasteiger partial charge in [-0.25, -0.2) is 0 Å². The molecule has 29 heavy (non-hydrogen) atoms. The van der Waals surface area contributed by atoms with Crippen molar-refractivity contribution < 1.29 is 23.8 Å². The Kier molecular flexibility index (Phi) is 7.14. The second-order valence-electron chi connectivity index (χ2n) is 7.72. The van der Waals surface area contributed by atoms with Crippen molar-refractivity contribution in [2.75, 3.05) is 27.9 Å². The van der Waals surface area contributed by atoms with Crippen LogP contribution in [0.2, 0.25) is 0 Å². The minimum Gasteiger partial charge on any atom is -0.493 e. The van der Waals surface area contributed by atoms with Crippen LogP contribution in [0.5, 0.6) is 11.5 Å². The third kappa shape index (κ3) is 5.29. The van der Waals surface area contributed by atoms with Gasteiger partial charge < -0.3 is 24.8 Å². The highest BCUT2D eigenvalue weighted by Crippen LogP contribution is 2.35. The number of carbonyl (C=O) groups excluding carboxylic acids is 2. The van der Waals surface area contributed by atoms with Gasteiger partial charge in [-0.05, 0) is 54.9 Å². The fourth-order valence-corrected chi connectivity index (χ4v) is 4.48. The van der Waals surface area contributed by atoms with Gasteiger partial charge in [-0.3, -0.25) is 9.59 Å². The van der Waals surface area contributed by atoms with E-state index in [0.29, 0.717) is 30.4 Å². The maximum absolute atomic E-state index is 12.4. The van der Waals surface area contributed by atoms with Gasteiger partial charge in [-0.1, -0.05) is 6.07 Å². The molecule has 4 atom stereocenters. The van der Waals surface area contributed by atoms with Gasteiger partial charge >= 0.3 is 0 Å². The van der Waals surface area contributed by atoms with E-state index in [1.54, 1.807) is 33.5 Å². The monoisotopic (exact) mass is 402 g/mol. The lowest BCUT2D eigenvalue weighted by Gasteiger charge is -2.43. The number of benzene rings is 1. The molecular formula is C22H30N2O5. The Balaban J connectivity index is 1.56. The molecule has 3 rings (SSSR count). The average Bonchev–Trinajstić information content (AvgIpc) is 2.71. The number of rotatable bonds is 7. The summed E-state index contributed by atoms with van der Waals surface area (Å²) in [6.45, 7) is 0.611. The topological polar surface area (TPSA) is 85.9 Å². The van der Waals surface area contributed by atoms with Crippen LogP contribution >= 0.6 is 0 Å². The molecule has 1 heterocycles. The number of hydrogen-bond donors (Lipinski definition) is 2. The van der Waals surface area contributed by atoms with Crippen LogP contribution in [-0.2, 0) is 14.3 Å². The number of piperidine rings is 1. The molecule has 1 aromatic carbocycles. The van der Waals surface area contributed by atoms with Crippen LogP contribution in [0.25, 0.3) is 6.08 Å². The lowest BCUT2D eigenvalue weighted by molar-refractivity contribution is -0.128. The molecule has 0 aromatic heterocycles. The standard InChI is InChI=1S/C22H30N2O5/c1-27-13-15-11-22(26)24-18-12-16(6-7-17(15)18)23-21(25)9-5-14-4-8-19(28-2)20(10-14)29-3/h4-5,8-10,15-18H,6-7,11-13H2,1-3H3,(H,23,25)(H,24,26)/b9-5-. The molecule has 1 saturated carbocycles. The maximum Gasteiger partial charge on any atom is 0.244 e. The van der Waals surface area contributed by atoms with Crippen molar-refractivity contribution in [3.8, 4) is 11.5 Å². The maximum atomic E-state index is 12.4. The zero-order valence-electron chi connectivity index (χ0n) is 17.3. The molecular weight excluding hydrogens is 372 g/mol. The second kappa shape index (κ2) is 9.78. The van der Waals surface area contributed by atoms with Crippen molar-refractivity contribution in [1.29, 1.82) is 0 Å². The summed E-state index contributed by atoms with van der Waals surface area (Å²) < 4.78 is 15.8. The SMILES string of the molecule is COCC1CC(=O)NC2CC(NC(=O)/C=C\c3ccc(OC)c(OC)c3)CCC12. The van der Waals surface area contributed by atoms with Crippen molar-refractivity contribution in [1.82, 2.24) is 10.6 Å². The van der Waals surface area contributed by atoms with Gasteiger partial charge in [0, 0.05) is 38.3 Å². The summed E-state index contributed by atoms with van der Waals surface area (Å²) in [6.07, 6.45) is 6.45. The first kappa shape index (κ1) is 21.2. The summed E-state index contributed by atoms with van der Waals surface area (Å²) in [5.74, 6) is 1.88. The highest BCUT2D eigenvalue weighted by molar-refractivity contribution is 5.92. The van der Waals surface area contributed by atoms with Crippen molar-refractivity contribution in [3.05, 3.63) is 29.8 Å². The normalized spacial score (nSPS) is 26.5. The fraction of sp³-hybridized carbons (Fsp3) is 0.545. The first-order chi connectivity index (χ1) is 14.0. The number of amides is 2. The quantitative estimate of drug-likeness (QED) is 0.683. The molecule has 1 aromatic rings. The first-order valence-electron chi connectivity index (χ1n) is 10.0. The van der Waals surface area contributed by atoms with Crippen LogP contribution in [0.1, 0.15) is 31.2 Å². The van der Waals surface area contributed by atoms with E-state index in [4.69, 9.17) is 14.2 Å². The highest BCUT2D eigenvalue weighted by atomic mass is 16.5. The molecule has 7 nitrogen and oxygen atoms in total. The van der Waals surface area contributed by atoms with Crippen LogP contribution in [-0.4, -0.2) is 51.8 Å². The molecule has 158 valence electrons. The van der Waals surface area contributed by atoms with E-state index in [2.05, 4.69) is 10.6 Å². The Bertz CT molecular complexity index is 764. The van der Waals surface area contributed by atoms with E-state index in [-0.39, 0.29) is 29.8 Å². The number of carbonyl (C=O) groups is 2. The van der Waals surface area contributed by atoms with Gasteiger partial charge in [-0.2, -0.15) is 0 Å². The van der Waals surface area contributed by atoms with Crippen LogP contribution in [0.4, 0.5) is 0 Å². The smallest absolute Gasteiger partial charge is 0.244 e. The molecule has 1 aliphatic carbocycles. The van der Waals surface area contributed by atoms with E-state index >= 15 is 0 Å². The molecule has 2 aliphatic rings.